The molecule has 1 aliphatic rings. The molecule has 2 rings (SSSR count). The first kappa shape index (κ1) is 16.7. The molecular weight excluding hydrogens is 315 g/mol. The Hall–Kier alpha value is -1.63. The molecule has 120 valence electrons. The van der Waals surface area contributed by atoms with Crippen LogP contribution in [0.25, 0.3) is 0 Å². The Bertz CT molecular complexity index is 611. The summed E-state index contributed by atoms with van der Waals surface area (Å²) in [5, 5.41) is -0.0917. The molecule has 0 bridgehead atoms. The minimum absolute atomic E-state index is 0.0917. The van der Waals surface area contributed by atoms with Gasteiger partial charge in [0.1, 0.15) is 5.75 Å². The van der Waals surface area contributed by atoms with Gasteiger partial charge in [-0.25, -0.2) is 0 Å². The van der Waals surface area contributed by atoms with Crippen LogP contribution in [0.2, 0.25) is 0 Å². The fourth-order valence-corrected chi connectivity index (χ4v) is 3.38. The summed E-state index contributed by atoms with van der Waals surface area (Å²) in [6.07, 6.45) is 5.21. The van der Waals surface area contributed by atoms with E-state index in [0.29, 0.717) is 17.7 Å². The highest BCUT2D eigenvalue weighted by molar-refractivity contribution is 7.85. The monoisotopic (exact) mass is 331 g/mol. The maximum Gasteiger partial charge on any atom is 0.422 e. The summed E-state index contributed by atoms with van der Waals surface area (Å²) in [5.41, 5.74) is 0.997. The summed E-state index contributed by atoms with van der Waals surface area (Å²) < 4.78 is 53.8. The van der Waals surface area contributed by atoms with Gasteiger partial charge >= 0.3 is 6.18 Å². The van der Waals surface area contributed by atoms with E-state index in [2.05, 4.69) is 4.98 Å². The van der Waals surface area contributed by atoms with Crippen molar-refractivity contribution < 1.29 is 22.1 Å². The van der Waals surface area contributed by atoms with Crippen molar-refractivity contribution in [2.75, 3.05) is 6.61 Å². The summed E-state index contributed by atoms with van der Waals surface area (Å²) in [4.78, 5) is 4.12. The molecule has 0 N–H and O–H groups in total. The second-order valence-electron chi connectivity index (χ2n) is 4.90. The smallest absolute Gasteiger partial charge is 0.422 e. The van der Waals surface area contributed by atoms with Gasteiger partial charge in [0.15, 0.2) is 6.61 Å². The van der Waals surface area contributed by atoms with Crippen LogP contribution in [0.5, 0.6) is 5.75 Å². The molecule has 0 aromatic carbocycles. The lowest BCUT2D eigenvalue weighted by Gasteiger charge is -2.15. The summed E-state index contributed by atoms with van der Waals surface area (Å²) in [6.45, 7) is 0.276. The topological polar surface area (TPSA) is 39.2 Å². The molecule has 0 fully saturated rings. The third kappa shape index (κ3) is 4.69. The van der Waals surface area contributed by atoms with Crippen molar-refractivity contribution in [3.8, 4) is 5.75 Å². The first-order valence-corrected chi connectivity index (χ1v) is 8.09. The molecule has 1 aromatic heterocycles. The number of aromatic nitrogens is 1. The molecule has 0 saturated carbocycles. The van der Waals surface area contributed by atoms with Crippen molar-refractivity contribution in [1.82, 2.24) is 4.98 Å². The SMILES string of the molecule is Cc1c(OCC(F)(F)F)ccnc1CS(=O)[C@@H]1C=CC=CC1. The van der Waals surface area contributed by atoms with Gasteiger partial charge < -0.3 is 4.74 Å². The van der Waals surface area contributed by atoms with Gasteiger partial charge in [-0.3, -0.25) is 9.19 Å². The highest BCUT2D eigenvalue weighted by atomic mass is 32.2. The quantitative estimate of drug-likeness (QED) is 0.829. The maximum absolute atomic E-state index is 12.3. The summed E-state index contributed by atoms with van der Waals surface area (Å²) in [7, 11) is -1.18. The molecule has 2 atom stereocenters. The van der Waals surface area contributed by atoms with Crippen LogP contribution in [0.4, 0.5) is 13.2 Å². The number of pyridine rings is 1. The molecule has 0 amide bonds. The number of nitrogens with zero attached hydrogens (tertiary/aromatic N) is 1. The number of hydrogen-bond acceptors (Lipinski definition) is 3. The predicted octanol–water partition coefficient (Wildman–Crippen LogP) is 3.46. The van der Waals surface area contributed by atoms with Crippen LogP contribution in [0.15, 0.2) is 36.6 Å². The molecule has 0 radical (unpaired) electrons. The van der Waals surface area contributed by atoms with Crippen LogP contribution >= 0.6 is 0 Å². The number of rotatable bonds is 5. The van der Waals surface area contributed by atoms with Crippen molar-refractivity contribution in [3.05, 3.63) is 47.8 Å². The van der Waals surface area contributed by atoms with Crippen LogP contribution in [0.1, 0.15) is 17.7 Å². The molecule has 22 heavy (non-hydrogen) atoms. The minimum atomic E-state index is -4.39. The van der Waals surface area contributed by atoms with Crippen molar-refractivity contribution in [1.29, 1.82) is 0 Å². The third-order valence-corrected chi connectivity index (χ3v) is 4.79. The molecular formula is C15H16F3NO2S. The number of alkyl halides is 3. The standard InChI is InChI=1S/C15H16F3NO2S/c1-11-13(9-22(20)12-5-3-2-4-6-12)19-8-7-14(11)21-10-15(16,17)18/h2-5,7-8,12H,6,9-10H2,1H3/t12-,22?/m1/s1. The van der Waals surface area contributed by atoms with Crippen LogP contribution in [-0.2, 0) is 16.6 Å². The Kier molecular flexibility index (Phi) is 5.39. The molecule has 3 nitrogen and oxygen atoms in total. The third-order valence-electron chi connectivity index (χ3n) is 3.21. The van der Waals surface area contributed by atoms with E-state index in [1.165, 1.54) is 12.3 Å². The molecule has 1 aromatic rings. The highest BCUT2D eigenvalue weighted by Crippen LogP contribution is 2.24. The number of allylic oxidation sites excluding steroid dienone is 3. The number of ether oxygens (including phenoxy) is 1. The van der Waals surface area contributed by atoms with Gasteiger partial charge in [-0.05, 0) is 19.4 Å². The Morgan fingerprint density at radius 3 is 2.82 bits per heavy atom. The maximum atomic E-state index is 12.3. The van der Waals surface area contributed by atoms with Gasteiger partial charge in [-0.1, -0.05) is 24.3 Å². The molecule has 0 saturated heterocycles. The Morgan fingerprint density at radius 1 is 1.41 bits per heavy atom. The largest absolute Gasteiger partial charge is 0.484 e. The number of halogens is 3. The average Bonchev–Trinajstić information content (AvgIpc) is 2.48. The second-order valence-corrected chi connectivity index (χ2v) is 6.55. The molecule has 0 spiro atoms. The van der Waals surface area contributed by atoms with Gasteiger partial charge in [0.2, 0.25) is 0 Å². The number of hydrogen-bond donors (Lipinski definition) is 0. The van der Waals surface area contributed by atoms with E-state index in [9.17, 15) is 17.4 Å². The first-order chi connectivity index (χ1) is 10.4. The Morgan fingerprint density at radius 2 is 2.18 bits per heavy atom. The zero-order chi connectivity index (χ0) is 16.2. The van der Waals surface area contributed by atoms with Crippen LogP contribution < -0.4 is 4.74 Å². The summed E-state index contributed by atoms with van der Waals surface area (Å²) in [6, 6.07) is 1.39. The van der Waals surface area contributed by atoms with E-state index in [0.717, 1.165) is 0 Å². The lowest BCUT2D eigenvalue weighted by molar-refractivity contribution is -0.153. The van der Waals surface area contributed by atoms with Crippen molar-refractivity contribution >= 4 is 10.8 Å². The second kappa shape index (κ2) is 7.09. The van der Waals surface area contributed by atoms with Gasteiger partial charge in [0.05, 0.1) is 16.7 Å². The van der Waals surface area contributed by atoms with Crippen molar-refractivity contribution in [2.24, 2.45) is 0 Å². The lowest BCUT2D eigenvalue weighted by Crippen LogP contribution is -2.20. The fourth-order valence-electron chi connectivity index (χ4n) is 2.02. The molecule has 1 aliphatic carbocycles. The summed E-state index contributed by atoms with van der Waals surface area (Å²) in [5.74, 6) is 0.316. The lowest BCUT2D eigenvalue weighted by atomic mass is 10.2. The zero-order valence-electron chi connectivity index (χ0n) is 12.0. The summed E-state index contributed by atoms with van der Waals surface area (Å²) >= 11 is 0. The van der Waals surface area contributed by atoms with Gasteiger partial charge in [-0.2, -0.15) is 13.2 Å². The minimum Gasteiger partial charge on any atom is -0.484 e. The molecule has 1 heterocycles. The molecule has 0 aliphatic heterocycles. The normalized spacial score (nSPS) is 19.2. The van der Waals surface area contributed by atoms with Crippen LogP contribution in [-0.4, -0.2) is 27.2 Å². The van der Waals surface area contributed by atoms with E-state index in [4.69, 9.17) is 4.74 Å². The van der Waals surface area contributed by atoms with Crippen LogP contribution in [0, 0.1) is 6.92 Å². The van der Waals surface area contributed by atoms with E-state index < -0.39 is 23.6 Å². The fraction of sp³-hybridized carbons (Fsp3) is 0.400. The van der Waals surface area contributed by atoms with Gasteiger partial charge in [-0.15, -0.1) is 0 Å². The molecule has 1 unspecified atom stereocenters. The molecule has 7 heteroatoms. The van der Waals surface area contributed by atoms with E-state index in [-0.39, 0.29) is 16.8 Å². The Labute approximate surface area is 129 Å². The zero-order valence-corrected chi connectivity index (χ0v) is 12.8. The van der Waals surface area contributed by atoms with Crippen LogP contribution in [0.3, 0.4) is 0 Å². The van der Waals surface area contributed by atoms with Crippen molar-refractivity contribution in [3.63, 3.8) is 0 Å². The average molecular weight is 331 g/mol. The van der Waals surface area contributed by atoms with E-state index in [1.54, 1.807) is 6.92 Å². The van der Waals surface area contributed by atoms with Crippen molar-refractivity contribution in [2.45, 2.75) is 30.5 Å². The van der Waals surface area contributed by atoms with E-state index >= 15 is 0 Å². The van der Waals surface area contributed by atoms with Gasteiger partial charge in [0.25, 0.3) is 0 Å². The van der Waals surface area contributed by atoms with E-state index in [1.807, 2.05) is 24.3 Å². The first-order valence-electron chi connectivity index (χ1n) is 6.71. The Balaban J connectivity index is 2.06. The predicted molar refractivity (Wildman–Crippen MR) is 79.1 cm³/mol. The highest BCUT2D eigenvalue weighted by Gasteiger charge is 2.29. The van der Waals surface area contributed by atoms with Gasteiger partial charge in [0, 0.05) is 22.6 Å².